The van der Waals surface area contributed by atoms with Crippen LogP contribution in [0.5, 0.6) is 0 Å². The first-order valence-electron chi connectivity index (χ1n) is 8.75. The summed E-state index contributed by atoms with van der Waals surface area (Å²) in [4.78, 5) is 40.7. The normalized spacial score (nSPS) is 10.7. The molecule has 0 atom stereocenters. The smallest absolute Gasteiger partial charge is 0.331 e. The third kappa shape index (κ3) is 5.23. The summed E-state index contributed by atoms with van der Waals surface area (Å²) in [6.45, 7) is -0.440. The number of carbonyl (C=O) groups excluding carboxylic acids is 1. The number of H-pyrrole nitrogens is 1. The summed E-state index contributed by atoms with van der Waals surface area (Å²) in [7, 11) is 0. The van der Waals surface area contributed by atoms with Crippen LogP contribution in [0.4, 0.5) is 5.69 Å². The van der Waals surface area contributed by atoms with Crippen molar-refractivity contribution in [1.29, 1.82) is 0 Å². The summed E-state index contributed by atoms with van der Waals surface area (Å²) in [6, 6.07) is 17.7. The van der Waals surface area contributed by atoms with Gasteiger partial charge in [0, 0.05) is 10.6 Å². The van der Waals surface area contributed by atoms with Crippen molar-refractivity contribution in [3.05, 3.63) is 87.1 Å². The highest BCUT2D eigenvalue weighted by Crippen LogP contribution is 2.28. The minimum atomic E-state index is -0.791. The van der Waals surface area contributed by atoms with E-state index in [9.17, 15) is 14.4 Å². The van der Waals surface area contributed by atoms with Crippen molar-refractivity contribution in [2.75, 3.05) is 18.5 Å². The number of aromatic nitrogens is 2. The highest BCUT2D eigenvalue weighted by atomic mass is 32.2. The minimum absolute atomic E-state index is 0.00650. The topological polar surface area (TPSA) is 113 Å². The van der Waals surface area contributed by atoms with Gasteiger partial charge in [-0.2, -0.15) is 0 Å². The fourth-order valence-corrected chi connectivity index (χ4v) is 3.56. The Morgan fingerprint density at radius 1 is 1.07 bits per heavy atom. The number of hydrogen-bond acceptors (Lipinski definition) is 6. The molecule has 150 valence electrons. The van der Waals surface area contributed by atoms with Crippen LogP contribution in [0.15, 0.2) is 80.2 Å². The number of hydrogen-bond donors (Lipinski definition) is 3. The maximum absolute atomic E-state index is 12.9. The van der Waals surface area contributed by atoms with Gasteiger partial charge in [0.2, 0.25) is 0 Å². The molecule has 0 fully saturated rings. The van der Waals surface area contributed by atoms with Gasteiger partial charge in [-0.25, -0.2) is 4.79 Å². The Morgan fingerprint density at radius 3 is 2.38 bits per heavy atom. The predicted molar refractivity (Wildman–Crippen MR) is 109 cm³/mol. The lowest BCUT2D eigenvalue weighted by Crippen LogP contribution is -2.37. The summed E-state index contributed by atoms with van der Waals surface area (Å²) in [6.07, 6.45) is 0. The van der Waals surface area contributed by atoms with Crippen molar-refractivity contribution >= 4 is 23.4 Å². The average molecular weight is 413 g/mol. The zero-order chi connectivity index (χ0) is 20.6. The quantitative estimate of drug-likeness (QED) is 0.384. The molecule has 1 heterocycles. The second-order valence-corrected chi connectivity index (χ2v) is 6.93. The van der Waals surface area contributed by atoms with Crippen molar-refractivity contribution in [3.63, 3.8) is 0 Å². The maximum Gasteiger partial charge on any atom is 0.331 e. The molecule has 0 saturated heterocycles. The van der Waals surface area contributed by atoms with E-state index in [-0.39, 0.29) is 30.5 Å². The van der Waals surface area contributed by atoms with E-state index < -0.39 is 17.2 Å². The number of aliphatic hydroxyl groups excluding tert-OH is 1. The van der Waals surface area contributed by atoms with E-state index in [0.29, 0.717) is 5.69 Å². The molecule has 3 aromatic rings. The molecule has 29 heavy (non-hydrogen) atoms. The van der Waals surface area contributed by atoms with Gasteiger partial charge in [-0.05, 0) is 24.3 Å². The lowest BCUT2D eigenvalue weighted by Gasteiger charge is -2.15. The van der Waals surface area contributed by atoms with Crippen LogP contribution in [0.25, 0.3) is 0 Å². The summed E-state index contributed by atoms with van der Waals surface area (Å²) in [5.74, 6) is -0.646. The Morgan fingerprint density at radius 2 is 1.72 bits per heavy atom. The van der Waals surface area contributed by atoms with Gasteiger partial charge in [0.1, 0.15) is 17.3 Å². The third-order valence-electron chi connectivity index (χ3n) is 3.82. The SMILES string of the molecule is O=C(Nc1ccccc1)c1c(Sc2ccccc2)n(COCCO)c(=O)[nH]c1=O. The number of aromatic amines is 1. The summed E-state index contributed by atoms with van der Waals surface area (Å²) in [5.41, 5.74) is -1.18. The van der Waals surface area contributed by atoms with Crippen LogP contribution in [-0.2, 0) is 11.5 Å². The van der Waals surface area contributed by atoms with Crippen LogP contribution in [0.3, 0.4) is 0 Å². The number of nitrogens with one attached hydrogen (secondary N) is 2. The molecule has 0 unspecified atom stereocenters. The van der Waals surface area contributed by atoms with E-state index in [1.54, 1.807) is 42.5 Å². The highest BCUT2D eigenvalue weighted by Gasteiger charge is 2.22. The average Bonchev–Trinajstić information content (AvgIpc) is 2.71. The number of aliphatic hydroxyl groups is 1. The molecule has 9 heteroatoms. The first kappa shape index (κ1) is 20.6. The van der Waals surface area contributed by atoms with Crippen LogP contribution >= 0.6 is 11.8 Å². The molecule has 0 spiro atoms. The van der Waals surface area contributed by atoms with Gasteiger partial charge in [-0.3, -0.25) is 19.1 Å². The third-order valence-corrected chi connectivity index (χ3v) is 4.95. The van der Waals surface area contributed by atoms with E-state index >= 15 is 0 Å². The van der Waals surface area contributed by atoms with E-state index in [1.807, 2.05) is 18.2 Å². The lowest BCUT2D eigenvalue weighted by molar-refractivity contribution is 0.0410. The Labute approximate surface area is 170 Å². The molecule has 0 saturated carbocycles. The van der Waals surface area contributed by atoms with Crippen molar-refractivity contribution < 1.29 is 14.6 Å². The summed E-state index contributed by atoms with van der Waals surface area (Å²) >= 11 is 1.11. The van der Waals surface area contributed by atoms with E-state index in [1.165, 1.54) is 0 Å². The molecule has 2 aromatic carbocycles. The number of para-hydroxylation sites is 1. The van der Waals surface area contributed by atoms with Gasteiger partial charge in [0.15, 0.2) is 0 Å². The van der Waals surface area contributed by atoms with Crippen LogP contribution in [0.1, 0.15) is 10.4 Å². The number of carbonyl (C=O) groups is 1. The first-order valence-corrected chi connectivity index (χ1v) is 9.57. The molecule has 3 rings (SSSR count). The molecule has 0 aliphatic carbocycles. The molecule has 8 nitrogen and oxygen atoms in total. The Balaban J connectivity index is 2.07. The van der Waals surface area contributed by atoms with Crippen LogP contribution < -0.4 is 16.6 Å². The molecule has 0 bridgehead atoms. The molecule has 0 radical (unpaired) electrons. The van der Waals surface area contributed by atoms with Crippen molar-refractivity contribution in [2.45, 2.75) is 16.7 Å². The molecular weight excluding hydrogens is 394 g/mol. The van der Waals surface area contributed by atoms with Crippen LogP contribution in [0.2, 0.25) is 0 Å². The van der Waals surface area contributed by atoms with Crippen molar-refractivity contribution in [2.24, 2.45) is 0 Å². The molecule has 0 aliphatic rings. The largest absolute Gasteiger partial charge is 0.394 e. The lowest BCUT2D eigenvalue weighted by atomic mass is 10.2. The highest BCUT2D eigenvalue weighted by molar-refractivity contribution is 7.99. The first-order chi connectivity index (χ1) is 14.1. The van der Waals surface area contributed by atoms with E-state index in [0.717, 1.165) is 21.2 Å². The van der Waals surface area contributed by atoms with Crippen LogP contribution in [0, 0.1) is 0 Å². The molecule has 0 aliphatic heterocycles. The Hall–Kier alpha value is -3.14. The maximum atomic E-state index is 12.9. The van der Waals surface area contributed by atoms with Gasteiger partial charge in [-0.15, -0.1) is 0 Å². The van der Waals surface area contributed by atoms with Gasteiger partial charge in [0.05, 0.1) is 13.2 Å². The number of rotatable bonds is 8. The molecule has 1 amide bonds. The Kier molecular flexibility index (Phi) is 7.01. The second kappa shape index (κ2) is 9.87. The zero-order valence-electron chi connectivity index (χ0n) is 15.3. The number of anilines is 1. The van der Waals surface area contributed by atoms with Crippen LogP contribution in [-0.4, -0.2) is 33.8 Å². The number of nitrogens with zero attached hydrogens (tertiary/aromatic N) is 1. The minimum Gasteiger partial charge on any atom is -0.394 e. The molecule has 3 N–H and O–H groups in total. The standard InChI is InChI=1S/C20H19N3O5S/c24-11-12-28-13-23-19(29-15-9-5-2-6-10-15)16(18(26)22-20(23)27)17(25)21-14-7-3-1-4-8-14/h1-10,24H,11-13H2,(H,21,25)(H,22,26,27). The number of amides is 1. The summed E-state index contributed by atoms with van der Waals surface area (Å²) < 4.78 is 6.43. The number of benzene rings is 2. The van der Waals surface area contributed by atoms with E-state index in [4.69, 9.17) is 9.84 Å². The number of ether oxygens (including phenoxy) is 1. The predicted octanol–water partition coefficient (Wildman–Crippen LogP) is 1.91. The fraction of sp³-hybridized carbons (Fsp3) is 0.150. The van der Waals surface area contributed by atoms with Gasteiger partial charge in [-0.1, -0.05) is 48.2 Å². The van der Waals surface area contributed by atoms with Gasteiger partial charge in [0.25, 0.3) is 11.5 Å². The second-order valence-electron chi connectivity index (χ2n) is 5.86. The van der Waals surface area contributed by atoms with Crippen molar-refractivity contribution in [1.82, 2.24) is 9.55 Å². The van der Waals surface area contributed by atoms with Crippen molar-refractivity contribution in [3.8, 4) is 0 Å². The Bertz CT molecular complexity index is 1080. The van der Waals surface area contributed by atoms with Gasteiger partial charge < -0.3 is 15.2 Å². The molecule has 1 aromatic heterocycles. The zero-order valence-corrected chi connectivity index (χ0v) is 16.1. The monoisotopic (exact) mass is 413 g/mol. The van der Waals surface area contributed by atoms with Gasteiger partial charge >= 0.3 is 5.69 Å². The summed E-state index contributed by atoms with van der Waals surface area (Å²) in [5, 5.41) is 11.7. The van der Waals surface area contributed by atoms with E-state index in [2.05, 4.69) is 10.3 Å². The fourth-order valence-electron chi connectivity index (χ4n) is 2.51. The molecular formula is C20H19N3O5S.